The van der Waals surface area contributed by atoms with Crippen molar-refractivity contribution in [1.29, 1.82) is 0 Å². The van der Waals surface area contributed by atoms with E-state index < -0.39 is 5.82 Å². The van der Waals surface area contributed by atoms with Gasteiger partial charge in [0.05, 0.1) is 10.6 Å². The minimum Gasteiger partial charge on any atom is -0.409 e. The highest BCUT2D eigenvalue weighted by Gasteiger charge is 2.15. The molecule has 2 aromatic heterocycles. The maximum absolute atomic E-state index is 13.3. The second kappa shape index (κ2) is 7.67. The van der Waals surface area contributed by atoms with Crippen molar-refractivity contribution in [2.75, 3.05) is 26.0 Å². The standard InChI is InChI=1S/C17H18ClFN6O/c1-25(2)8-6-14-22-15-11(5-7-20-17(15)23-14)16(24-26)21-10-3-4-13(19)12(18)9-10/h3-5,7,9,26H,6,8H2,1-2H3,(H,21,24)(H,20,22,23). The molecule has 7 nitrogen and oxygen atoms in total. The Morgan fingerprint density at radius 3 is 2.88 bits per heavy atom. The summed E-state index contributed by atoms with van der Waals surface area (Å²) in [4.78, 5) is 14.1. The number of aromatic nitrogens is 3. The van der Waals surface area contributed by atoms with Gasteiger partial charge in [-0.3, -0.25) is 0 Å². The van der Waals surface area contributed by atoms with E-state index in [0.29, 0.717) is 22.4 Å². The molecule has 3 N–H and O–H groups in total. The van der Waals surface area contributed by atoms with Gasteiger partial charge in [-0.05, 0) is 38.4 Å². The molecule has 0 saturated carbocycles. The molecule has 136 valence electrons. The molecule has 2 heterocycles. The summed E-state index contributed by atoms with van der Waals surface area (Å²) in [6, 6.07) is 5.83. The summed E-state index contributed by atoms with van der Waals surface area (Å²) in [5.41, 5.74) is 2.22. The second-order valence-corrected chi connectivity index (χ2v) is 6.40. The number of likely N-dealkylation sites (N-methyl/N-ethyl adjacent to an activating group) is 1. The van der Waals surface area contributed by atoms with Crippen LogP contribution < -0.4 is 5.32 Å². The number of benzene rings is 1. The first-order valence-corrected chi connectivity index (χ1v) is 8.28. The van der Waals surface area contributed by atoms with Gasteiger partial charge >= 0.3 is 0 Å². The van der Waals surface area contributed by atoms with E-state index in [4.69, 9.17) is 11.6 Å². The smallest absolute Gasteiger partial charge is 0.179 e. The van der Waals surface area contributed by atoms with Gasteiger partial charge in [-0.25, -0.2) is 14.4 Å². The molecule has 0 aliphatic heterocycles. The monoisotopic (exact) mass is 376 g/mol. The van der Waals surface area contributed by atoms with Crippen molar-refractivity contribution >= 4 is 34.3 Å². The number of oxime groups is 1. The van der Waals surface area contributed by atoms with Crippen LogP contribution in [-0.4, -0.2) is 51.5 Å². The first-order chi connectivity index (χ1) is 12.5. The molecule has 0 fully saturated rings. The number of aromatic amines is 1. The fourth-order valence-corrected chi connectivity index (χ4v) is 2.63. The van der Waals surface area contributed by atoms with E-state index in [0.717, 1.165) is 18.8 Å². The largest absolute Gasteiger partial charge is 0.409 e. The number of amidine groups is 1. The number of nitrogens with zero attached hydrogens (tertiary/aromatic N) is 4. The summed E-state index contributed by atoms with van der Waals surface area (Å²) in [5.74, 6) is 0.422. The lowest BCUT2D eigenvalue weighted by atomic mass is 10.2. The lowest BCUT2D eigenvalue weighted by molar-refractivity contribution is 0.319. The zero-order chi connectivity index (χ0) is 18.7. The summed E-state index contributed by atoms with van der Waals surface area (Å²) in [7, 11) is 3.97. The van der Waals surface area contributed by atoms with Crippen molar-refractivity contribution in [3.8, 4) is 0 Å². The molecule has 0 saturated heterocycles. The van der Waals surface area contributed by atoms with Crippen LogP contribution in [0.25, 0.3) is 11.2 Å². The number of anilines is 1. The van der Waals surface area contributed by atoms with E-state index >= 15 is 0 Å². The van der Waals surface area contributed by atoms with E-state index in [1.807, 2.05) is 14.1 Å². The Hall–Kier alpha value is -2.71. The second-order valence-electron chi connectivity index (χ2n) is 5.99. The highest BCUT2D eigenvalue weighted by atomic mass is 35.5. The van der Waals surface area contributed by atoms with Crippen LogP contribution in [-0.2, 0) is 6.42 Å². The van der Waals surface area contributed by atoms with Crippen molar-refractivity contribution in [2.24, 2.45) is 5.16 Å². The number of nitrogens with one attached hydrogen (secondary N) is 2. The van der Waals surface area contributed by atoms with Gasteiger partial charge in [-0.2, -0.15) is 0 Å². The molecular weight excluding hydrogens is 359 g/mol. The number of rotatable bonds is 5. The van der Waals surface area contributed by atoms with Crippen molar-refractivity contribution in [3.63, 3.8) is 0 Å². The maximum Gasteiger partial charge on any atom is 0.179 e. The number of imidazole rings is 1. The lowest BCUT2D eigenvalue weighted by Crippen LogP contribution is -2.15. The molecule has 0 unspecified atom stereocenters. The van der Waals surface area contributed by atoms with Gasteiger partial charge < -0.3 is 20.4 Å². The van der Waals surface area contributed by atoms with Crippen molar-refractivity contribution < 1.29 is 9.60 Å². The molecule has 1 aromatic carbocycles. The van der Waals surface area contributed by atoms with E-state index in [1.165, 1.54) is 18.2 Å². The van der Waals surface area contributed by atoms with E-state index in [2.05, 4.69) is 30.3 Å². The third-order valence-corrected chi connectivity index (χ3v) is 4.06. The first-order valence-electron chi connectivity index (χ1n) is 7.90. The molecule has 0 aliphatic rings. The quantitative estimate of drug-likeness (QED) is 0.275. The summed E-state index contributed by atoms with van der Waals surface area (Å²) in [6.07, 6.45) is 2.32. The van der Waals surface area contributed by atoms with Gasteiger partial charge in [-0.1, -0.05) is 16.8 Å². The Morgan fingerprint density at radius 2 is 2.19 bits per heavy atom. The maximum atomic E-state index is 13.3. The third kappa shape index (κ3) is 3.92. The van der Waals surface area contributed by atoms with E-state index in [9.17, 15) is 9.60 Å². The van der Waals surface area contributed by atoms with Crippen LogP contribution >= 0.6 is 11.6 Å². The first kappa shape index (κ1) is 18.1. The van der Waals surface area contributed by atoms with Crippen LogP contribution in [0.1, 0.15) is 11.4 Å². The van der Waals surface area contributed by atoms with Crippen LogP contribution in [0.5, 0.6) is 0 Å². The van der Waals surface area contributed by atoms with Gasteiger partial charge in [0, 0.05) is 24.8 Å². The summed E-state index contributed by atoms with van der Waals surface area (Å²) in [5, 5.41) is 15.7. The van der Waals surface area contributed by atoms with Crippen LogP contribution in [0, 0.1) is 5.82 Å². The Bertz CT molecular complexity index is 956. The minimum atomic E-state index is -0.524. The average molecular weight is 377 g/mol. The molecule has 0 radical (unpaired) electrons. The molecule has 0 spiro atoms. The lowest BCUT2D eigenvalue weighted by Gasteiger charge is -2.09. The van der Waals surface area contributed by atoms with E-state index in [-0.39, 0.29) is 10.9 Å². The van der Waals surface area contributed by atoms with Gasteiger partial charge in [0.1, 0.15) is 17.2 Å². The van der Waals surface area contributed by atoms with Crippen LogP contribution in [0.2, 0.25) is 5.02 Å². The van der Waals surface area contributed by atoms with Crippen molar-refractivity contribution in [3.05, 3.63) is 52.7 Å². The number of H-pyrrole nitrogens is 1. The molecule has 0 atom stereocenters. The number of fused-ring (bicyclic) bond motifs is 1. The third-order valence-electron chi connectivity index (χ3n) is 3.77. The SMILES string of the molecule is CN(C)CCc1nc2c(/C(=N/O)Nc3ccc(F)c(Cl)c3)ccnc2[nH]1. The highest BCUT2D eigenvalue weighted by molar-refractivity contribution is 6.31. The Morgan fingerprint density at radius 1 is 1.38 bits per heavy atom. The zero-order valence-electron chi connectivity index (χ0n) is 14.3. The van der Waals surface area contributed by atoms with Crippen LogP contribution in [0.4, 0.5) is 10.1 Å². The molecular formula is C17H18ClFN6O. The van der Waals surface area contributed by atoms with Crippen molar-refractivity contribution in [1.82, 2.24) is 19.9 Å². The van der Waals surface area contributed by atoms with Gasteiger partial charge in [0.25, 0.3) is 0 Å². The van der Waals surface area contributed by atoms with E-state index in [1.54, 1.807) is 12.3 Å². The zero-order valence-corrected chi connectivity index (χ0v) is 15.0. The van der Waals surface area contributed by atoms with Gasteiger partial charge in [-0.15, -0.1) is 0 Å². The van der Waals surface area contributed by atoms with Gasteiger partial charge in [0.2, 0.25) is 0 Å². The predicted octanol–water partition coefficient (Wildman–Crippen LogP) is 3.10. The summed E-state index contributed by atoms with van der Waals surface area (Å²) < 4.78 is 13.3. The van der Waals surface area contributed by atoms with Crippen LogP contribution in [0.15, 0.2) is 35.6 Å². The number of hydrogen-bond acceptors (Lipinski definition) is 5. The fourth-order valence-electron chi connectivity index (χ4n) is 2.45. The molecule has 0 bridgehead atoms. The molecule has 3 rings (SSSR count). The molecule has 3 aromatic rings. The summed E-state index contributed by atoms with van der Waals surface area (Å²) >= 11 is 5.80. The molecule has 26 heavy (non-hydrogen) atoms. The average Bonchev–Trinajstić information content (AvgIpc) is 3.04. The van der Waals surface area contributed by atoms with Gasteiger partial charge in [0.15, 0.2) is 11.5 Å². The summed E-state index contributed by atoms with van der Waals surface area (Å²) in [6.45, 7) is 0.836. The Balaban J connectivity index is 1.92. The molecule has 9 heteroatoms. The van der Waals surface area contributed by atoms with Crippen molar-refractivity contribution in [2.45, 2.75) is 6.42 Å². The molecule has 0 amide bonds. The number of hydrogen-bond donors (Lipinski definition) is 3. The Kier molecular flexibility index (Phi) is 5.34. The highest BCUT2D eigenvalue weighted by Crippen LogP contribution is 2.21. The molecule has 0 aliphatic carbocycles. The normalized spacial score (nSPS) is 12.1. The predicted molar refractivity (Wildman–Crippen MR) is 99.5 cm³/mol. The minimum absolute atomic E-state index is 0.0297. The van der Waals surface area contributed by atoms with Crippen LogP contribution in [0.3, 0.4) is 0 Å². The Labute approximate surface area is 154 Å². The number of pyridine rings is 1. The fraction of sp³-hybridized carbons (Fsp3) is 0.235. The topological polar surface area (TPSA) is 89.4 Å². The number of halogens is 2.